The zero-order valence-electron chi connectivity index (χ0n) is 22.5. The SMILES string of the molecule is CC/C(=C(/c1ccc(OCC(O)CN2CCCC2)cc1)c1ccc(OC(C)=O)cc1)c1ccc2c(c1)OCO2. The van der Waals surface area contributed by atoms with Gasteiger partial charge in [0.05, 0.1) is 0 Å². The number of aliphatic hydroxyl groups excluding tert-OH is 1. The molecule has 0 spiro atoms. The van der Waals surface area contributed by atoms with Gasteiger partial charge in [-0.05, 0) is 96.6 Å². The average molecular weight is 530 g/mol. The van der Waals surface area contributed by atoms with Crippen LogP contribution in [0.25, 0.3) is 11.1 Å². The third-order valence-electron chi connectivity index (χ3n) is 7.03. The number of fused-ring (bicyclic) bond motifs is 1. The number of carbonyl (C=O) groups is 1. The van der Waals surface area contributed by atoms with Crippen molar-refractivity contribution in [2.45, 2.75) is 39.2 Å². The normalized spacial score (nSPS) is 16.1. The zero-order valence-corrected chi connectivity index (χ0v) is 22.5. The second-order valence-corrected chi connectivity index (χ2v) is 9.89. The number of carbonyl (C=O) groups excluding carboxylic acids is 1. The Morgan fingerprint density at radius 2 is 1.51 bits per heavy atom. The second kappa shape index (κ2) is 12.4. The lowest BCUT2D eigenvalue weighted by atomic mass is 9.88. The molecule has 39 heavy (non-hydrogen) atoms. The summed E-state index contributed by atoms with van der Waals surface area (Å²) in [6, 6.07) is 21.5. The number of nitrogens with zero attached hydrogens (tertiary/aromatic N) is 1. The third kappa shape index (κ3) is 6.61. The van der Waals surface area contributed by atoms with E-state index < -0.39 is 6.10 Å². The van der Waals surface area contributed by atoms with Gasteiger partial charge >= 0.3 is 5.97 Å². The molecule has 1 N–H and O–H groups in total. The predicted molar refractivity (Wildman–Crippen MR) is 150 cm³/mol. The minimum Gasteiger partial charge on any atom is -0.491 e. The molecular formula is C32H35NO6. The summed E-state index contributed by atoms with van der Waals surface area (Å²) in [5.74, 6) is 2.34. The number of esters is 1. The van der Waals surface area contributed by atoms with Crippen LogP contribution in [0.1, 0.15) is 49.8 Å². The Hall–Kier alpha value is -3.81. The van der Waals surface area contributed by atoms with Gasteiger partial charge in [-0.1, -0.05) is 37.3 Å². The minimum atomic E-state index is -0.522. The van der Waals surface area contributed by atoms with Crippen molar-refractivity contribution in [1.29, 1.82) is 0 Å². The predicted octanol–water partition coefficient (Wildman–Crippen LogP) is 5.55. The number of hydrogen-bond acceptors (Lipinski definition) is 7. The van der Waals surface area contributed by atoms with Crippen molar-refractivity contribution in [1.82, 2.24) is 4.90 Å². The molecular weight excluding hydrogens is 494 g/mol. The van der Waals surface area contributed by atoms with Crippen molar-refractivity contribution in [3.05, 3.63) is 83.4 Å². The van der Waals surface area contributed by atoms with Crippen molar-refractivity contribution < 1.29 is 28.8 Å². The lowest BCUT2D eigenvalue weighted by Crippen LogP contribution is -2.33. The van der Waals surface area contributed by atoms with Crippen LogP contribution >= 0.6 is 0 Å². The molecule has 7 nitrogen and oxygen atoms in total. The summed E-state index contributed by atoms with van der Waals surface area (Å²) >= 11 is 0. The van der Waals surface area contributed by atoms with E-state index in [1.165, 1.54) is 19.8 Å². The zero-order chi connectivity index (χ0) is 27.2. The van der Waals surface area contributed by atoms with Gasteiger partial charge in [-0.2, -0.15) is 0 Å². The second-order valence-electron chi connectivity index (χ2n) is 9.89. The molecule has 2 aliphatic rings. The Labute approximate surface area is 229 Å². The molecule has 0 amide bonds. The quantitative estimate of drug-likeness (QED) is 0.210. The summed E-state index contributed by atoms with van der Waals surface area (Å²) in [5.41, 5.74) is 5.27. The molecule has 3 aromatic rings. The molecule has 1 unspecified atom stereocenters. The fourth-order valence-corrected chi connectivity index (χ4v) is 5.21. The molecule has 5 rings (SSSR count). The molecule has 0 radical (unpaired) electrons. The average Bonchev–Trinajstić information content (AvgIpc) is 3.63. The molecule has 0 saturated carbocycles. The summed E-state index contributed by atoms with van der Waals surface area (Å²) in [4.78, 5) is 13.7. The number of benzene rings is 3. The molecule has 0 aromatic heterocycles. The summed E-state index contributed by atoms with van der Waals surface area (Å²) < 4.78 is 22.3. The van der Waals surface area contributed by atoms with Gasteiger partial charge in [-0.15, -0.1) is 0 Å². The molecule has 2 heterocycles. The number of β-amino-alcohol motifs (C(OH)–C–C–N with tert-alkyl or cyclic N) is 1. The van der Waals surface area contributed by atoms with Gasteiger partial charge in [0.2, 0.25) is 6.79 Å². The highest BCUT2D eigenvalue weighted by atomic mass is 16.7. The van der Waals surface area contributed by atoms with Gasteiger partial charge in [0.25, 0.3) is 0 Å². The van der Waals surface area contributed by atoms with Gasteiger partial charge in [0.15, 0.2) is 11.5 Å². The van der Waals surface area contributed by atoms with Crippen LogP contribution in [0.15, 0.2) is 66.7 Å². The van der Waals surface area contributed by atoms with E-state index in [2.05, 4.69) is 17.9 Å². The third-order valence-corrected chi connectivity index (χ3v) is 7.03. The highest BCUT2D eigenvalue weighted by Gasteiger charge is 2.19. The van der Waals surface area contributed by atoms with Crippen LogP contribution in [0.4, 0.5) is 0 Å². The lowest BCUT2D eigenvalue weighted by Gasteiger charge is -2.20. The molecule has 204 valence electrons. The minimum absolute atomic E-state index is 0.225. The maximum atomic E-state index is 11.4. The topological polar surface area (TPSA) is 77.5 Å². The van der Waals surface area contributed by atoms with E-state index in [-0.39, 0.29) is 19.4 Å². The van der Waals surface area contributed by atoms with Crippen LogP contribution in [0.5, 0.6) is 23.0 Å². The van der Waals surface area contributed by atoms with E-state index in [4.69, 9.17) is 18.9 Å². The van der Waals surface area contributed by atoms with Gasteiger partial charge in [0.1, 0.15) is 24.2 Å². The summed E-state index contributed by atoms with van der Waals surface area (Å²) in [5, 5.41) is 10.4. The van der Waals surface area contributed by atoms with Gasteiger partial charge in [0, 0.05) is 13.5 Å². The number of ether oxygens (including phenoxy) is 4. The lowest BCUT2D eigenvalue weighted by molar-refractivity contribution is -0.131. The molecule has 3 aromatic carbocycles. The maximum Gasteiger partial charge on any atom is 0.308 e. The summed E-state index contributed by atoms with van der Waals surface area (Å²) in [6.45, 7) is 6.74. The Bertz CT molecular complexity index is 1310. The largest absolute Gasteiger partial charge is 0.491 e. The first kappa shape index (κ1) is 26.8. The number of rotatable bonds is 10. The van der Waals surface area contributed by atoms with E-state index >= 15 is 0 Å². The first-order valence-corrected chi connectivity index (χ1v) is 13.6. The maximum absolute atomic E-state index is 11.4. The van der Waals surface area contributed by atoms with Crippen molar-refractivity contribution in [3.8, 4) is 23.0 Å². The number of aliphatic hydroxyl groups is 1. The molecule has 7 heteroatoms. The molecule has 2 aliphatic heterocycles. The van der Waals surface area contributed by atoms with Gasteiger partial charge < -0.3 is 29.0 Å². The Kier molecular flexibility index (Phi) is 8.49. The van der Waals surface area contributed by atoms with Crippen molar-refractivity contribution in [2.24, 2.45) is 0 Å². The molecule has 1 fully saturated rings. The number of likely N-dealkylation sites (tertiary alicyclic amines) is 1. The van der Waals surface area contributed by atoms with E-state index in [1.54, 1.807) is 0 Å². The summed E-state index contributed by atoms with van der Waals surface area (Å²) in [6.07, 6.45) is 2.65. The van der Waals surface area contributed by atoms with Crippen LogP contribution in [0.3, 0.4) is 0 Å². The highest BCUT2D eigenvalue weighted by Crippen LogP contribution is 2.40. The first-order valence-electron chi connectivity index (χ1n) is 13.6. The highest BCUT2D eigenvalue weighted by molar-refractivity contribution is 5.99. The Morgan fingerprint density at radius 1 is 0.897 bits per heavy atom. The fourth-order valence-electron chi connectivity index (χ4n) is 5.21. The molecule has 1 atom stereocenters. The van der Waals surface area contributed by atoms with Crippen molar-refractivity contribution in [3.63, 3.8) is 0 Å². The monoisotopic (exact) mass is 529 g/mol. The summed E-state index contributed by atoms with van der Waals surface area (Å²) in [7, 11) is 0. The van der Waals surface area contributed by atoms with E-state index in [0.717, 1.165) is 58.8 Å². The molecule has 1 saturated heterocycles. The van der Waals surface area contributed by atoms with Crippen LogP contribution in [-0.4, -0.2) is 55.1 Å². The van der Waals surface area contributed by atoms with E-state index in [1.807, 2.05) is 60.7 Å². The van der Waals surface area contributed by atoms with E-state index in [9.17, 15) is 9.90 Å². The Morgan fingerprint density at radius 3 is 2.15 bits per heavy atom. The Balaban J connectivity index is 1.43. The van der Waals surface area contributed by atoms with Crippen molar-refractivity contribution in [2.75, 3.05) is 33.0 Å². The smallest absolute Gasteiger partial charge is 0.308 e. The number of hydrogen-bond donors (Lipinski definition) is 1. The van der Waals surface area contributed by atoms with Crippen LogP contribution < -0.4 is 18.9 Å². The standard InChI is InChI=1S/C32H35NO6/c1-3-29(25-10-15-30-31(18-25)38-21-37-30)32(24-8-13-28(14-9-24)39-22(2)34)23-6-11-27(12-7-23)36-20-26(35)19-33-16-4-5-17-33/h6-15,18,26,35H,3-5,16-17,19-21H2,1-2H3/b32-29+. The van der Waals surface area contributed by atoms with Gasteiger partial charge in [-0.3, -0.25) is 4.79 Å². The van der Waals surface area contributed by atoms with Crippen LogP contribution in [-0.2, 0) is 4.79 Å². The fraction of sp³-hybridized carbons (Fsp3) is 0.344. The van der Waals surface area contributed by atoms with Crippen LogP contribution in [0.2, 0.25) is 0 Å². The van der Waals surface area contributed by atoms with Crippen molar-refractivity contribution >= 4 is 17.1 Å². The first-order chi connectivity index (χ1) is 19.0. The molecule has 0 bridgehead atoms. The van der Waals surface area contributed by atoms with E-state index in [0.29, 0.717) is 18.0 Å². The molecule has 0 aliphatic carbocycles. The van der Waals surface area contributed by atoms with Gasteiger partial charge in [-0.25, -0.2) is 0 Å². The van der Waals surface area contributed by atoms with Crippen LogP contribution in [0, 0.1) is 0 Å². The number of allylic oxidation sites excluding steroid dienone is 1.